The summed E-state index contributed by atoms with van der Waals surface area (Å²) in [6.45, 7) is 3.26. The molecule has 0 aliphatic carbocycles. The van der Waals surface area contributed by atoms with E-state index in [4.69, 9.17) is 4.74 Å². The Morgan fingerprint density at radius 3 is 2.63 bits per heavy atom. The maximum atomic E-state index is 13.4. The van der Waals surface area contributed by atoms with Crippen LogP contribution in [-0.4, -0.2) is 33.9 Å². The van der Waals surface area contributed by atoms with Crippen molar-refractivity contribution in [3.05, 3.63) is 95.4 Å². The zero-order valence-electron chi connectivity index (χ0n) is 16.8. The number of nitrogens with one attached hydrogen (secondary N) is 1. The smallest absolute Gasteiger partial charge is 0.254 e. The first-order chi connectivity index (χ1) is 14.8. The van der Waals surface area contributed by atoms with Gasteiger partial charge in [-0.3, -0.25) is 9.78 Å². The van der Waals surface area contributed by atoms with Gasteiger partial charge in [-0.1, -0.05) is 30.3 Å². The zero-order valence-corrected chi connectivity index (χ0v) is 16.8. The molecular weight excluding hydrogens is 374 g/mol. The van der Waals surface area contributed by atoms with Crippen molar-refractivity contribution in [2.24, 2.45) is 0 Å². The third kappa shape index (κ3) is 3.12. The number of pyridine rings is 1. The number of para-hydroxylation sites is 1. The van der Waals surface area contributed by atoms with Crippen LogP contribution < -0.4 is 4.74 Å². The third-order valence-electron chi connectivity index (χ3n) is 5.73. The summed E-state index contributed by atoms with van der Waals surface area (Å²) < 4.78 is 5.61. The van der Waals surface area contributed by atoms with Crippen molar-refractivity contribution in [3.63, 3.8) is 0 Å². The number of hydrogen-bond donors (Lipinski definition) is 1. The zero-order chi connectivity index (χ0) is 20.5. The number of amides is 1. The molecule has 1 N–H and O–H groups in total. The van der Waals surface area contributed by atoms with E-state index in [0.29, 0.717) is 18.7 Å². The Balaban J connectivity index is 1.63. The van der Waals surface area contributed by atoms with E-state index in [-0.39, 0.29) is 11.9 Å². The van der Waals surface area contributed by atoms with Gasteiger partial charge in [0.05, 0.1) is 12.6 Å². The van der Waals surface area contributed by atoms with E-state index in [2.05, 4.69) is 40.3 Å². The molecule has 150 valence electrons. The number of aromatic amines is 1. The summed E-state index contributed by atoms with van der Waals surface area (Å²) in [6.07, 6.45) is 4.15. The molecule has 4 aromatic rings. The van der Waals surface area contributed by atoms with Gasteiger partial charge in [-0.05, 0) is 54.8 Å². The molecule has 5 nitrogen and oxygen atoms in total. The maximum Gasteiger partial charge on any atom is 0.254 e. The molecular formula is C25H23N3O2. The minimum atomic E-state index is -0.183. The molecule has 1 aliphatic heterocycles. The highest BCUT2D eigenvalue weighted by Gasteiger charge is 2.34. The summed E-state index contributed by atoms with van der Waals surface area (Å²) in [5.74, 6) is 0.849. The Kier molecular flexibility index (Phi) is 4.71. The number of hydrogen-bond acceptors (Lipinski definition) is 3. The molecule has 1 aliphatic rings. The predicted molar refractivity (Wildman–Crippen MR) is 117 cm³/mol. The lowest BCUT2D eigenvalue weighted by molar-refractivity contribution is 0.0692. The Hall–Kier alpha value is -3.60. The SMILES string of the molecule is CCOc1ccc([C@@H]2c3[nH]c4ccccc4c3CCN2C(=O)c2ccncc2)cc1. The van der Waals surface area contributed by atoms with Crippen molar-refractivity contribution in [1.82, 2.24) is 14.9 Å². The first-order valence-corrected chi connectivity index (χ1v) is 10.3. The molecule has 5 rings (SSSR count). The van der Waals surface area contributed by atoms with Crippen molar-refractivity contribution in [2.75, 3.05) is 13.2 Å². The number of carbonyl (C=O) groups is 1. The highest BCUT2D eigenvalue weighted by molar-refractivity contribution is 5.95. The number of fused-ring (bicyclic) bond motifs is 3. The van der Waals surface area contributed by atoms with Gasteiger partial charge in [-0.15, -0.1) is 0 Å². The summed E-state index contributed by atoms with van der Waals surface area (Å²) in [5.41, 5.74) is 5.21. The third-order valence-corrected chi connectivity index (χ3v) is 5.73. The number of nitrogens with zero attached hydrogens (tertiary/aromatic N) is 2. The molecule has 3 heterocycles. The average Bonchev–Trinajstić information content (AvgIpc) is 3.18. The van der Waals surface area contributed by atoms with E-state index in [9.17, 15) is 4.79 Å². The van der Waals surface area contributed by atoms with Crippen molar-refractivity contribution in [1.29, 1.82) is 0 Å². The summed E-state index contributed by atoms with van der Waals surface area (Å²) in [6, 6.07) is 19.8. The molecule has 1 amide bonds. The molecule has 1 atom stereocenters. The largest absolute Gasteiger partial charge is 0.494 e. The first kappa shape index (κ1) is 18.4. The van der Waals surface area contributed by atoms with Gasteiger partial charge in [0.1, 0.15) is 5.75 Å². The average molecular weight is 397 g/mol. The predicted octanol–water partition coefficient (Wildman–Crippen LogP) is 4.75. The van der Waals surface area contributed by atoms with Gasteiger partial charge in [0.2, 0.25) is 0 Å². The number of benzene rings is 2. The van der Waals surface area contributed by atoms with Crippen LogP contribution in [0.5, 0.6) is 5.75 Å². The quantitative estimate of drug-likeness (QED) is 0.541. The van der Waals surface area contributed by atoms with E-state index < -0.39 is 0 Å². The second kappa shape index (κ2) is 7.67. The summed E-state index contributed by atoms with van der Waals surface area (Å²) in [7, 11) is 0. The first-order valence-electron chi connectivity index (χ1n) is 10.3. The van der Waals surface area contributed by atoms with Crippen LogP contribution in [0.25, 0.3) is 10.9 Å². The van der Waals surface area contributed by atoms with E-state index in [1.165, 1.54) is 10.9 Å². The van der Waals surface area contributed by atoms with Crippen molar-refractivity contribution >= 4 is 16.8 Å². The fourth-order valence-electron chi connectivity index (χ4n) is 4.38. The molecule has 0 radical (unpaired) electrons. The van der Waals surface area contributed by atoms with Crippen LogP contribution in [0.1, 0.15) is 40.1 Å². The van der Waals surface area contributed by atoms with Crippen LogP contribution in [-0.2, 0) is 6.42 Å². The van der Waals surface area contributed by atoms with Gasteiger partial charge in [-0.2, -0.15) is 0 Å². The molecule has 5 heteroatoms. The van der Waals surface area contributed by atoms with Crippen LogP contribution >= 0.6 is 0 Å². The van der Waals surface area contributed by atoms with Crippen LogP contribution in [0, 0.1) is 0 Å². The Labute approximate surface area is 175 Å². The van der Waals surface area contributed by atoms with Gasteiger partial charge in [0.25, 0.3) is 5.91 Å². The second-order valence-corrected chi connectivity index (χ2v) is 7.45. The van der Waals surface area contributed by atoms with Crippen molar-refractivity contribution < 1.29 is 9.53 Å². The summed E-state index contributed by atoms with van der Waals surface area (Å²) in [5, 5.41) is 1.24. The number of aromatic nitrogens is 2. The lowest BCUT2D eigenvalue weighted by Gasteiger charge is -2.36. The standard InChI is InChI=1S/C25H23N3O2/c1-2-30-19-9-7-17(8-10-19)24-23-21(20-5-3-4-6-22(20)27-23)13-16-28(24)25(29)18-11-14-26-15-12-18/h3-12,14-15,24,27H,2,13,16H2,1H3/t24-/m1/s1. The topological polar surface area (TPSA) is 58.2 Å². The number of H-pyrrole nitrogens is 1. The minimum Gasteiger partial charge on any atom is -0.494 e. The molecule has 0 saturated carbocycles. The number of rotatable bonds is 4. The van der Waals surface area contributed by atoms with Crippen LogP contribution in [0.3, 0.4) is 0 Å². The lowest BCUT2D eigenvalue weighted by atomic mass is 9.91. The molecule has 0 unspecified atom stereocenters. The van der Waals surface area contributed by atoms with Crippen molar-refractivity contribution in [2.45, 2.75) is 19.4 Å². The summed E-state index contributed by atoms with van der Waals surface area (Å²) >= 11 is 0. The fourth-order valence-corrected chi connectivity index (χ4v) is 4.38. The van der Waals surface area contributed by atoms with E-state index in [1.807, 2.05) is 30.0 Å². The normalized spacial score (nSPS) is 15.8. The van der Waals surface area contributed by atoms with E-state index in [0.717, 1.165) is 28.9 Å². The van der Waals surface area contributed by atoms with E-state index in [1.54, 1.807) is 24.5 Å². The molecule has 0 fully saturated rings. The molecule has 0 spiro atoms. The Morgan fingerprint density at radius 1 is 1.10 bits per heavy atom. The fraction of sp³-hybridized carbons (Fsp3) is 0.200. The van der Waals surface area contributed by atoms with Crippen molar-refractivity contribution in [3.8, 4) is 5.75 Å². The Bertz CT molecular complexity index is 1180. The second-order valence-electron chi connectivity index (χ2n) is 7.45. The molecule has 0 bridgehead atoms. The summed E-state index contributed by atoms with van der Waals surface area (Å²) in [4.78, 5) is 23.1. The van der Waals surface area contributed by atoms with Gasteiger partial charge < -0.3 is 14.6 Å². The van der Waals surface area contributed by atoms with Crippen LogP contribution in [0.4, 0.5) is 0 Å². The molecule has 2 aromatic heterocycles. The maximum absolute atomic E-state index is 13.4. The minimum absolute atomic E-state index is 0.0144. The number of carbonyl (C=O) groups excluding carboxylic acids is 1. The van der Waals surface area contributed by atoms with Crippen LogP contribution in [0.15, 0.2) is 73.1 Å². The van der Waals surface area contributed by atoms with Gasteiger partial charge in [-0.25, -0.2) is 0 Å². The van der Waals surface area contributed by atoms with Crippen LogP contribution in [0.2, 0.25) is 0 Å². The van der Waals surface area contributed by atoms with Gasteiger partial charge >= 0.3 is 0 Å². The van der Waals surface area contributed by atoms with Gasteiger partial charge in [0, 0.05) is 41.1 Å². The van der Waals surface area contributed by atoms with Gasteiger partial charge in [0.15, 0.2) is 0 Å². The highest BCUT2D eigenvalue weighted by atomic mass is 16.5. The Morgan fingerprint density at radius 2 is 1.87 bits per heavy atom. The molecule has 2 aromatic carbocycles. The number of ether oxygens (including phenoxy) is 1. The van der Waals surface area contributed by atoms with E-state index >= 15 is 0 Å². The molecule has 30 heavy (non-hydrogen) atoms. The monoisotopic (exact) mass is 397 g/mol. The molecule has 0 saturated heterocycles. The highest BCUT2D eigenvalue weighted by Crippen LogP contribution is 2.39. The lowest BCUT2D eigenvalue weighted by Crippen LogP contribution is -2.40.